The van der Waals surface area contributed by atoms with Crippen molar-refractivity contribution in [3.05, 3.63) is 0 Å². The first-order chi connectivity index (χ1) is 9.56. The lowest BCUT2D eigenvalue weighted by Crippen LogP contribution is -2.39. The van der Waals surface area contributed by atoms with E-state index in [0.717, 1.165) is 11.3 Å². The number of aromatic nitrogens is 2. The Bertz CT molecular complexity index is 460. The summed E-state index contributed by atoms with van der Waals surface area (Å²) in [6.07, 6.45) is 0. The van der Waals surface area contributed by atoms with Gasteiger partial charge in [0.15, 0.2) is 4.34 Å². The van der Waals surface area contributed by atoms with Crippen molar-refractivity contribution in [2.75, 3.05) is 31.4 Å². The number of thioether (sulfide) groups is 1. The molecule has 8 nitrogen and oxygen atoms in total. The van der Waals surface area contributed by atoms with Crippen LogP contribution in [0.25, 0.3) is 0 Å². The fourth-order valence-corrected chi connectivity index (χ4v) is 2.65. The molecule has 1 aromatic heterocycles. The van der Waals surface area contributed by atoms with Gasteiger partial charge in [-0.05, 0) is 6.92 Å². The number of carbonyl (C=O) groups is 2. The van der Waals surface area contributed by atoms with Crippen LogP contribution in [-0.4, -0.2) is 54.2 Å². The lowest BCUT2D eigenvalue weighted by atomic mass is 10.3. The molecule has 1 heterocycles. The fourth-order valence-electron chi connectivity index (χ4n) is 1.10. The molecule has 1 atom stereocenters. The van der Waals surface area contributed by atoms with Crippen molar-refractivity contribution in [3.8, 4) is 0 Å². The van der Waals surface area contributed by atoms with E-state index in [0.29, 0.717) is 16.1 Å². The molecule has 1 rings (SSSR count). The number of nitrogens with zero attached hydrogens (tertiary/aromatic N) is 2. The van der Waals surface area contributed by atoms with Crippen molar-refractivity contribution in [1.29, 1.82) is 0 Å². The first-order valence-corrected chi connectivity index (χ1v) is 7.54. The Hall–Kier alpha value is -0.940. The van der Waals surface area contributed by atoms with E-state index in [4.69, 9.17) is 15.2 Å². The lowest BCUT2D eigenvalue weighted by molar-refractivity contribution is -0.139. The molecule has 11 heteroatoms. The van der Waals surface area contributed by atoms with Gasteiger partial charge < -0.3 is 15.2 Å². The number of amides is 1. The number of ether oxygens (including phenoxy) is 2. The molecular formula is C10H17ClN4O4S2. The highest BCUT2D eigenvalue weighted by molar-refractivity contribution is 8.01. The number of rotatable bonds is 8. The first-order valence-electron chi connectivity index (χ1n) is 5.74. The highest BCUT2D eigenvalue weighted by Gasteiger charge is 2.16. The molecule has 120 valence electrons. The number of methoxy groups -OCH3 is 1. The predicted octanol–water partition coefficient (Wildman–Crippen LogP) is 0.527. The largest absolute Gasteiger partial charge is 0.465 e. The molecule has 0 spiro atoms. The average Bonchev–Trinajstić information content (AvgIpc) is 2.84. The van der Waals surface area contributed by atoms with Crippen LogP contribution in [0.4, 0.5) is 5.13 Å². The highest BCUT2D eigenvalue weighted by Crippen LogP contribution is 2.25. The summed E-state index contributed by atoms with van der Waals surface area (Å²) in [6, 6.07) is -0.764. The molecule has 1 unspecified atom stereocenters. The van der Waals surface area contributed by atoms with Gasteiger partial charge in [0, 0.05) is 7.11 Å². The van der Waals surface area contributed by atoms with Gasteiger partial charge >= 0.3 is 5.97 Å². The lowest BCUT2D eigenvalue weighted by Gasteiger charge is -2.08. The van der Waals surface area contributed by atoms with E-state index >= 15 is 0 Å². The zero-order valence-electron chi connectivity index (χ0n) is 11.5. The van der Waals surface area contributed by atoms with Crippen molar-refractivity contribution in [3.63, 3.8) is 0 Å². The minimum Gasteiger partial charge on any atom is -0.465 e. The molecule has 0 aliphatic heterocycles. The summed E-state index contributed by atoms with van der Waals surface area (Å²) in [4.78, 5) is 22.8. The Labute approximate surface area is 136 Å². The SMILES string of the molecule is CCOC(=O)CSc1nnc(NC(=O)C(N)COC)s1.Cl. The topological polar surface area (TPSA) is 116 Å². The molecule has 1 amide bonds. The van der Waals surface area contributed by atoms with Crippen LogP contribution in [0.3, 0.4) is 0 Å². The van der Waals surface area contributed by atoms with E-state index in [1.165, 1.54) is 18.9 Å². The van der Waals surface area contributed by atoms with Crippen LogP contribution in [0.5, 0.6) is 0 Å². The molecule has 0 aromatic carbocycles. The number of anilines is 1. The zero-order chi connectivity index (χ0) is 15.0. The van der Waals surface area contributed by atoms with Crippen molar-refractivity contribution in [1.82, 2.24) is 10.2 Å². The fraction of sp³-hybridized carbons (Fsp3) is 0.600. The predicted molar refractivity (Wildman–Crippen MR) is 83.0 cm³/mol. The molecule has 0 saturated heterocycles. The molecule has 0 saturated carbocycles. The summed E-state index contributed by atoms with van der Waals surface area (Å²) >= 11 is 2.36. The standard InChI is InChI=1S/C10H16N4O4S2.ClH/c1-3-18-7(15)5-19-10-14-13-9(20-10)12-8(16)6(11)4-17-2;/h6H,3-5,11H2,1-2H3,(H,12,13,16);1H. The Morgan fingerprint density at radius 3 is 2.81 bits per heavy atom. The number of nitrogens with two attached hydrogens (primary N) is 1. The average molecular weight is 357 g/mol. The second-order valence-electron chi connectivity index (χ2n) is 3.52. The third kappa shape index (κ3) is 7.58. The van der Waals surface area contributed by atoms with Crippen LogP contribution in [0.15, 0.2) is 4.34 Å². The van der Waals surface area contributed by atoms with Crippen molar-refractivity contribution >= 4 is 52.5 Å². The van der Waals surface area contributed by atoms with Crippen LogP contribution in [0, 0.1) is 0 Å². The second kappa shape index (κ2) is 10.7. The summed E-state index contributed by atoms with van der Waals surface area (Å²) in [5, 5.41) is 10.5. The number of halogens is 1. The minimum atomic E-state index is -0.764. The van der Waals surface area contributed by atoms with Gasteiger partial charge in [-0.25, -0.2) is 0 Å². The Balaban J connectivity index is 0.00000400. The summed E-state index contributed by atoms with van der Waals surface area (Å²) in [7, 11) is 1.46. The van der Waals surface area contributed by atoms with Gasteiger partial charge in [0.25, 0.3) is 0 Å². The van der Waals surface area contributed by atoms with E-state index in [2.05, 4.69) is 15.5 Å². The van der Waals surface area contributed by atoms with E-state index in [1.807, 2.05) is 0 Å². The van der Waals surface area contributed by atoms with Crippen molar-refractivity contribution in [2.45, 2.75) is 17.3 Å². The zero-order valence-corrected chi connectivity index (χ0v) is 14.0. The third-order valence-electron chi connectivity index (χ3n) is 1.94. The highest BCUT2D eigenvalue weighted by atomic mass is 35.5. The number of esters is 1. The number of nitrogens with one attached hydrogen (secondary N) is 1. The van der Waals surface area contributed by atoms with Gasteiger partial charge in [-0.3, -0.25) is 14.9 Å². The van der Waals surface area contributed by atoms with Crippen LogP contribution >= 0.6 is 35.5 Å². The molecule has 0 bridgehead atoms. The number of hydrogen-bond donors (Lipinski definition) is 2. The summed E-state index contributed by atoms with van der Waals surface area (Å²) in [5.74, 6) is -0.565. The van der Waals surface area contributed by atoms with E-state index in [9.17, 15) is 9.59 Å². The monoisotopic (exact) mass is 356 g/mol. The van der Waals surface area contributed by atoms with Crippen LogP contribution < -0.4 is 11.1 Å². The molecule has 0 aliphatic rings. The minimum absolute atomic E-state index is 0. The van der Waals surface area contributed by atoms with Gasteiger partial charge in [-0.15, -0.1) is 22.6 Å². The molecule has 0 aliphatic carbocycles. The van der Waals surface area contributed by atoms with Gasteiger partial charge in [0.05, 0.1) is 19.0 Å². The molecule has 3 N–H and O–H groups in total. The summed E-state index contributed by atoms with van der Waals surface area (Å²) in [6.45, 7) is 2.20. The van der Waals surface area contributed by atoms with Gasteiger partial charge in [-0.2, -0.15) is 0 Å². The maximum Gasteiger partial charge on any atom is 0.316 e. The van der Waals surface area contributed by atoms with Gasteiger partial charge in [-0.1, -0.05) is 23.1 Å². The third-order valence-corrected chi connectivity index (χ3v) is 3.88. The second-order valence-corrected chi connectivity index (χ2v) is 5.72. The summed E-state index contributed by atoms with van der Waals surface area (Å²) < 4.78 is 10.1. The molecule has 0 fully saturated rings. The molecule has 0 radical (unpaired) electrons. The molecular weight excluding hydrogens is 340 g/mol. The van der Waals surface area contributed by atoms with Crippen molar-refractivity contribution < 1.29 is 19.1 Å². The first kappa shape index (κ1) is 20.1. The number of carbonyl (C=O) groups excluding carboxylic acids is 2. The van der Waals surface area contributed by atoms with E-state index < -0.39 is 11.9 Å². The Kier molecular flexibility index (Phi) is 10.3. The molecule has 1 aromatic rings. The maximum atomic E-state index is 11.6. The van der Waals surface area contributed by atoms with Gasteiger partial charge in [0.2, 0.25) is 11.0 Å². The van der Waals surface area contributed by atoms with Crippen LogP contribution in [0.1, 0.15) is 6.92 Å². The number of hydrogen-bond acceptors (Lipinski definition) is 9. The normalized spacial score (nSPS) is 11.4. The maximum absolute atomic E-state index is 11.6. The van der Waals surface area contributed by atoms with E-state index in [1.54, 1.807) is 6.92 Å². The quantitative estimate of drug-likeness (QED) is 0.393. The van der Waals surface area contributed by atoms with Crippen molar-refractivity contribution in [2.24, 2.45) is 5.73 Å². The van der Waals surface area contributed by atoms with Crippen LogP contribution in [0.2, 0.25) is 0 Å². The van der Waals surface area contributed by atoms with Gasteiger partial charge in [0.1, 0.15) is 6.04 Å². The molecule has 21 heavy (non-hydrogen) atoms. The Morgan fingerprint density at radius 2 is 2.19 bits per heavy atom. The van der Waals surface area contributed by atoms with Crippen LogP contribution in [-0.2, 0) is 19.1 Å². The summed E-state index contributed by atoms with van der Waals surface area (Å²) in [5.41, 5.74) is 5.57. The Morgan fingerprint density at radius 1 is 1.48 bits per heavy atom. The van der Waals surface area contributed by atoms with E-state index in [-0.39, 0.29) is 30.7 Å². The smallest absolute Gasteiger partial charge is 0.316 e.